The van der Waals surface area contributed by atoms with Gasteiger partial charge >= 0.3 is 0 Å². The van der Waals surface area contributed by atoms with Crippen LogP contribution in [0, 0.1) is 6.92 Å². The predicted octanol–water partition coefficient (Wildman–Crippen LogP) is 4.73. The summed E-state index contributed by atoms with van der Waals surface area (Å²) in [6.45, 7) is 2.27. The smallest absolute Gasteiger partial charge is 0.266 e. The first-order valence-electron chi connectivity index (χ1n) is 8.16. The number of carbonyl (C=O) groups is 2. The van der Waals surface area contributed by atoms with Crippen LogP contribution in [0.1, 0.15) is 24.1 Å². The number of aryl methyl sites for hydroxylation is 1. The van der Waals surface area contributed by atoms with Gasteiger partial charge in [-0.15, -0.1) is 11.3 Å². The first-order chi connectivity index (χ1) is 12.9. The third-order valence-electron chi connectivity index (χ3n) is 3.72. The van der Waals surface area contributed by atoms with Crippen LogP contribution in [0.3, 0.4) is 0 Å². The summed E-state index contributed by atoms with van der Waals surface area (Å²) in [6, 6.07) is 7.32. The molecule has 2 heterocycles. The Morgan fingerprint density at radius 2 is 2.19 bits per heavy atom. The van der Waals surface area contributed by atoms with Crippen molar-refractivity contribution in [1.82, 2.24) is 9.88 Å². The average Bonchev–Trinajstić information content (AvgIpc) is 3.14. The lowest BCUT2D eigenvalue weighted by Crippen LogP contribution is -2.29. The van der Waals surface area contributed by atoms with Gasteiger partial charge in [-0.25, -0.2) is 4.98 Å². The van der Waals surface area contributed by atoms with Crippen molar-refractivity contribution in [3.05, 3.63) is 50.8 Å². The minimum atomic E-state index is -0.152. The first-order valence-corrected chi connectivity index (χ1v) is 10.6. The summed E-state index contributed by atoms with van der Waals surface area (Å²) in [4.78, 5) is 30.9. The summed E-state index contributed by atoms with van der Waals surface area (Å²) in [6.07, 6.45) is 2.56. The fourth-order valence-electron chi connectivity index (χ4n) is 2.42. The van der Waals surface area contributed by atoms with Crippen LogP contribution >= 0.6 is 46.9 Å². The number of thioether (sulfide) groups is 1. The highest BCUT2D eigenvalue weighted by Crippen LogP contribution is 2.33. The molecular formula is C18H16ClN3O2S3. The highest BCUT2D eigenvalue weighted by atomic mass is 35.5. The topological polar surface area (TPSA) is 62.3 Å². The monoisotopic (exact) mass is 437 g/mol. The molecule has 1 fully saturated rings. The molecule has 2 aromatic rings. The molecule has 0 aliphatic carbocycles. The van der Waals surface area contributed by atoms with Crippen LogP contribution in [-0.4, -0.2) is 32.6 Å². The molecule has 0 spiro atoms. The molecule has 0 unspecified atom stereocenters. The Labute approximate surface area is 175 Å². The van der Waals surface area contributed by atoms with Crippen LogP contribution in [0.5, 0.6) is 0 Å². The average molecular weight is 438 g/mol. The van der Waals surface area contributed by atoms with E-state index in [4.69, 9.17) is 23.8 Å². The van der Waals surface area contributed by atoms with E-state index in [1.807, 2.05) is 30.5 Å². The number of rotatable bonds is 6. The summed E-state index contributed by atoms with van der Waals surface area (Å²) in [5.74, 6) is -0.276. The fourth-order valence-corrected chi connectivity index (χ4v) is 4.61. The maximum atomic E-state index is 12.6. The van der Waals surface area contributed by atoms with Crippen LogP contribution in [0.25, 0.3) is 6.08 Å². The maximum absolute atomic E-state index is 12.6. The molecule has 0 radical (unpaired) electrons. The van der Waals surface area contributed by atoms with Crippen molar-refractivity contribution >= 4 is 74.3 Å². The van der Waals surface area contributed by atoms with Gasteiger partial charge in [-0.2, -0.15) is 0 Å². The summed E-state index contributed by atoms with van der Waals surface area (Å²) in [5, 5.41) is 5.80. The Hall–Kier alpha value is -1.74. The van der Waals surface area contributed by atoms with Crippen LogP contribution in [0.15, 0.2) is 34.6 Å². The molecule has 140 valence electrons. The van der Waals surface area contributed by atoms with Gasteiger partial charge < -0.3 is 5.32 Å². The van der Waals surface area contributed by atoms with Crippen LogP contribution in [0.4, 0.5) is 5.13 Å². The lowest BCUT2D eigenvalue weighted by Gasteiger charge is -2.13. The number of hydrogen-bond donors (Lipinski definition) is 1. The van der Waals surface area contributed by atoms with Gasteiger partial charge in [0.1, 0.15) is 4.32 Å². The second-order valence-electron chi connectivity index (χ2n) is 5.80. The fraction of sp³-hybridized carbons (Fsp3) is 0.222. The van der Waals surface area contributed by atoms with Crippen LogP contribution < -0.4 is 5.32 Å². The predicted molar refractivity (Wildman–Crippen MR) is 116 cm³/mol. The number of thiazole rings is 1. The van der Waals surface area contributed by atoms with Crippen molar-refractivity contribution in [3.8, 4) is 0 Å². The van der Waals surface area contributed by atoms with Crippen LogP contribution in [0.2, 0.25) is 5.02 Å². The Bertz CT molecular complexity index is 926. The zero-order valence-electron chi connectivity index (χ0n) is 14.4. The lowest BCUT2D eigenvalue weighted by molar-refractivity contribution is -0.122. The molecule has 1 aliphatic rings. The zero-order valence-corrected chi connectivity index (χ0v) is 17.6. The highest BCUT2D eigenvalue weighted by molar-refractivity contribution is 8.26. The number of nitrogens with zero attached hydrogens (tertiary/aromatic N) is 2. The van der Waals surface area contributed by atoms with Gasteiger partial charge in [-0.05, 0) is 31.1 Å². The highest BCUT2D eigenvalue weighted by Gasteiger charge is 2.31. The molecule has 0 atom stereocenters. The third kappa shape index (κ3) is 5.16. The van der Waals surface area contributed by atoms with Crippen molar-refractivity contribution in [3.63, 3.8) is 0 Å². The second kappa shape index (κ2) is 8.97. The normalized spacial score (nSPS) is 15.6. The third-order valence-corrected chi connectivity index (χ3v) is 6.31. The van der Waals surface area contributed by atoms with Gasteiger partial charge in [-0.1, -0.05) is 53.8 Å². The van der Waals surface area contributed by atoms with E-state index in [0.717, 1.165) is 11.3 Å². The summed E-state index contributed by atoms with van der Waals surface area (Å²) in [7, 11) is 0. The molecule has 1 aliphatic heterocycles. The molecule has 5 nitrogen and oxygen atoms in total. The SMILES string of the molecule is Cc1csc(NC(=O)CCCN2C(=O)C(=Cc3ccccc3Cl)SC2=S)n1. The minimum absolute atomic E-state index is 0.124. The van der Waals surface area contributed by atoms with E-state index in [0.29, 0.717) is 38.8 Å². The van der Waals surface area contributed by atoms with Crippen molar-refractivity contribution in [2.24, 2.45) is 0 Å². The van der Waals surface area contributed by atoms with Gasteiger partial charge in [0.2, 0.25) is 5.91 Å². The molecule has 2 amide bonds. The Kier molecular flexibility index (Phi) is 6.64. The number of hydrogen-bond acceptors (Lipinski definition) is 6. The minimum Gasteiger partial charge on any atom is -0.302 e. The molecule has 1 aromatic heterocycles. The van der Waals surface area contributed by atoms with Gasteiger partial charge in [0.05, 0.1) is 10.6 Å². The maximum Gasteiger partial charge on any atom is 0.266 e. The number of benzene rings is 1. The zero-order chi connectivity index (χ0) is 19.4. The first kappa shape index (κ1) is 20.0. The summed E-state index contributed by atoms with van der Waals surface area (Å²) >= 11 is 14.1. The van der Waals surface area contributed by atoms with E-state index >= 15 is 0 Å². The van der Waals surface area contributed by atoms with Crippen molar-refractivity contribution in [2.75, 3.05) is 11.9 Å². The number of carbonyl (C=O) groups excluding carboxylic acids is 2. The van der Waals surface area contributed by atoms with E-state index in [9.17, 15) is 9.59 Å². The van der Waals surface area contributed by atoms with E-state index in [1.54, 1.807) is 12.1 Å². The molecule has 27 heavy (non-hydrogen) atoms. The number of anilines is 1. The van der Waals surface area contributed by atoms with Gasteiger partial charge in [0.15, 0.2) is 5.13 Å². The van der Waals surface area contributed by atoms with Gasteiger partial charge in [-0.3, -0.25) is 14.5 Å². The molecule has 1 N–H and O–H groups in total. The molecule has 3 rings (SSSR count). The Balaban J connectivity index is 1.55. The Morgan fingerprint density at radius 1 is 1.41 bits per heavy atom. The summed E-state index contributed by atoms with van der Waals surface area (Å²) < 4.78 is 0.495. The van der Waals surface area contributed by atoms with Crippen molar-refractivity contribution < 1.29 is 9.59 Å². The van der Waals surface area contributed by atoms with Crippen molar-refractivity contribution in [2.45, 2.75) is 19.8 Å². The number of amides is 2. The van der Waals surface area contributed by atoms with Crippen molar-refractivity contribution in [1.29, 1.82) is 0 Å². The van der Waals surface area contributed by atoms with E-state index in [2.05, 4.69) is 10.3 Å². The van der Waals surface area contributed by atoms with Gasteiger partial charge in [0, 0.05) is 23.4 Å². The summed E-state index contributed by atoms with van der Waals surface area (Å²) in [5.41, 5.74) is 1.65. The largest absolute Gasteiger partial charge is 0.302 e. The van der Waals surface area contributed by atoms with E-state index < -0.39 is 0 Å². The quantitative estimate of drug-likeness (QED) is 0.523. The number of aromatic nitrogens is 1. The van der Waals surface area contributed by atoms with Crippen LogP contribution in [-0.2, 0) is 9.59 Å². The number of thiocarbonyl (C=S) groups is 1. The molecule has 0 saturated carbocycles. The molecule has 1 aromatic carbocycles. The number of nitrogens with one attached hydrogen (secondary N) is 1. The van der Waals surface area contributed by atoms with E-state index in [-0.39, 0.29) is 11.8 Å². The second-order valence-corrected chi connectivity index (χ2v) is 8.74. The number of halogens is 1. The molecule has 1 saturated heterocycles. The standard InChI is InChI=1S/C18H16ClN3O2S3/c1-11-10-26-17(20-11)21-15(23)7-4-8-22-16(24)14(27-18(22)25)9-12-5-2-3-6-13(12)19/h2-3,5-6,9-10H,4,7-8H2,1H3,(H,20,21,23). The lowest BCUT2D eigenvalue weighted by atomic mass is 10.2. The van der Waals surface area contributed by atoms with Gasteiger partial charge in [0.25, 0.3) is 5.91 Å². The Morgan fingerprint density at radius 3 is 2.89 bits per heavy atom. The molecule has 9 heteroatoms. The molecular weight excluding hydrogens is 422 g/mol. The molecule has 0 bridgehead atoms. The van der Waals surface area contributed by atoms with E-state index in [1.165, 1.54) is 28.0 Å².